The average molecular weight is 439 g/mol. The first-order chi connectivity index (χ1) is 14.4. The van der Waals surface area contributed by atoms with E-state index in [0.717, 1.165) is 12.0 Å². The molecule has 4 nitrogen and oxygen atoms in total. The van der Waals surface area contributed by atoms with Gasteiger partial charge in [0.05, 0.1) is 6.10 Å². The van der Waals surface area contributed by atoms with E-state index in [2.05, 4.69) is 17.9 Å². The summed E-state index contributed by atoms with van der Waals surface area (Å²) in [5.41, 5.74) is 0.781. The Hall–Kier alpha value is -1.25. The fourth-order valence-electron chi connectivity index (χ4n) is 3.14. The molecule has 1 fully saturated rings. The van der Waals surface area contributed by atoms with E-state index >= 15 is 0 Å². The average Bonchev–Trinajstić information content (AvgIpc) is 3.27. The second kappa shape index (κ2) is 20.6. The molecule has 0 saturated heterocycles. The van der Waals surface area contributed by atoms with Gasteiger partial charge in [-0.05, 0) is 62.5 Å². The number of hydrogen-bond donors (Lipinski definition) is 2. The Balaban J connectivity index is 0. The van der Waals surface area contributed by atoms with E-state index in [1.54, 1.807) is 18.2 Å². The Morgan fingerprint density at radius 1 is 1.26 bits per heavy atom. The van der Waals surface area contributed by atoms with Crippen molar-refractivity contribution < 1.29 is 49.7 Å². The van der Waals surface area contributed by atoms with Crippen molar-refractivity contribution in [3.8, 4) is 17.6 Å². The first kappa shape index (κ1) is 31.9. The molecule has 0 amide bonds. The van der Waals surface area contributed by atoms with Gasteiger partial charge in [-0.15, -0.1) is 11.8 Å². The van der Waals surface area contributed by atoms with E-state index in [0.29, 0.717) is 18.8 Å². The number of carboxylic acids is 1. The molecule has 0 aromatic heterocycles. The van der Waals surface area contributed by atoms with Crippen LogP contribution in [0.25, 0.3) is 0 Å². The van der Waals surface area contributed by atoms with E-state index < -0.39 is 5.97 Å². The van der Waals surface area contributed by atoms with Crippen LogP contribution in [-0.2, 0) is 11.2 Å². The van der Waals surface area contributed by atoms with E-state index in [1.165, 1.54) is 25.7 Å². The number of carbonyl (C=O) groups excluding carboxylic acids is 1. The minimum Gasteiger partial charge on any atom is -0.550 e. The number of aliphatic carboxylic acids is 1. The summed E-state index contributed by atoms with van der Waals surface area (Å²) in [7, 11) is 0. The third kappa shape index (κ3) is 16.1. The van der Waals surface area contributed by atoms with Crippen molar-refractivity contribution in [3.05, 3.63) is 42.0 Å². The Bertz CT molecular complexity index is 669. The van der Waals surface area contributed by atoms with Gasteiger partial charge in [-0.25, -0.2) is 0 Å². The summed E-state index contributed by atoms with van der Waals surface area (Å²) in [6, 6.07) is 6.92. The van der Waals surface area contributed by atoms with Crippen LogP contribution in [0, 0.1) is 23.7 Å². The zero-order valence-corrected chi connectivity index (χ0v) is 22.1. The smallest absolute Gasteiger partial charge is 0.550 e. The standard InChI is InChI=1S/C14H22O.C10H12O3.C2H6.Na/c1-3-4-7-12(2)14(15)11-10-13-8-5-6-9-13;11-9-6-2-1-4-8(9)5-3-7-10(12)13;1-2;/h10-15H,5-9H2,1-2H3;1-2,4,6,11H,3,5,7H2,(H,12,13);1-2H3;/q;;;+1/p-1/b11-10+;;;. The van der Waals surface area contributed by atoms with Gasteiger partial charge < -0.3 is 20.1 Å². The molecule has 168 valence electrons. The number of rotatable bonds is 8. The van der Waals surface area contributed by atoms with Crippen molar-refractivity contribution in [1.29, 1.82) is 0 Å². The molecule has 31 heavy (non-hydrogen) atoms. The van der Waals surface area contributed by atoms with Gasteiger partial charge in [0, 0.05) is 12.4 Å². The predicted octanol–water partition coefficient (Wildman–Crippen LogP) is 1.64. The number of aryl methyl sites for hydroxylation is 1. The maximum Gasteiger partial charge on any atom is 1.00 e. The quantitative estimate of drug-likeness (QED) is 0.367. The molecular formula is C26H39NaO4. The normalized spacial score (nSPS) is 14.6. The van der Waals surface area contributed by atoms with Crippen LogP contribution in [0.15, 0.2) is 36.4 Å². The first-order valence-electron chi connectivity index (χ1n) is 11.2. The third-order valence-corrected chi connectivity index (χ3v) is 4.98. The molecule has 2 rings (SSSR count). The number of aliphatic hydroxyl groups is 1. The predicted molar refractivity (Wildman–Crippen MR) is 122 cm³/mol. The van der Waals surface area contributed by atoms with Crippen molar-refractivity contribution in [2.24, 2.45) is 11.8 Å². The summed E-state index contributed by atoms with van der Waals surface area (Å²) < 4.78 is 0. The molecule has 0 heterocycles. The number of allylic oxidation sites excluding steroid dienone is 1. The Kier molecular flexibility index (Phi) is 21.3. The van der Waals surface area contributed by atoms with Crippen molar-refractivity contribution in [1.82, 2.24) is 0 Å². The number of benzene rings is 1. The van der Waals surface area contributed by atoms with Crippen LogP contribution in [0.2, 0.25) is 0 Å². The fourth-order valence-corrected chi connectivity index (χ4v) is 3.14. The molecule has 2 unspecified atom stereocenters. The van der Waals surface area contributed by atoms with Gasteiger partial charge in [0.15, 0.2) is 0 Å². The maximum atomic E-state index is 10.1. The molecule has 0 radical (unpaired) electrons. The molecule has 0 spiro atoms. The number of carbonyl (C=O) groups is 1. The maximum absolute atomic E-state index is 10.1. The van der Waals surface area contributed by atoms with Crippen LogP contribution in [0.3, 0.4) is 0 Å². The Morgan fingerprint density at radius 2 is 1.87 bits per heavy atom. The third-order valence-electron chi connectivity index (χ3n) is 4.98. The zero-order valence-electron chi connectivity index (χ0n) is 20.1. The molecule has 1 aromatic rings. The van der Waals surface area contributed by atoms with Gasteiger partial charge in [0.25, 0.3) is 0 Å². The molecule has 1 saturated carbocycles. The topological polar surface area (TPSA) is 80.6 Å². The van der Waals surface area contributed by atoms with Crippen LogP contribution in [0.5, 0.6) is 5.75 Å². The molecule has 1 aliphatic rings. The number of aromatic hydroxyl groups is 1. The van der Waals surface area contributed by atoms with Crippen LogP contribution in [0.1, 0.15) is 78.2 Å². The summed E-state index contributed by atoms with van der Waals surface area (Å²) in [6.45, 7) is 7.89. The zero-order chi connectivity index (χ0) is 22.8. The SMILES string of the molecule is CC.CC#CCC(C)C(O)/C=C/C1CCCC1.O=C([O-])CCCc1ccccc1O.[Na+]. The van der Waals surface area contributed by atoms with Crippen molar-refractivity contribution in [2.45, 2.75) is 85.2 Å². The molecule has 0 aliphatic heterocycles. The molecule has 5 heteroatoms. The molecule has 1 aromatic carbocycles. The Labute approximate surface area is 211 Å². The number of phenolic OH excluding ortho intramolecular Hbond substituents is 1. The van der Waals surface area contributed by atoms with E-state index in [1.807, 2.05) is 39.8 Å². The number of hydrogen-bond acceptors (Lipinski definition) is 4. The van der Waals surface area contributed by atoms with Gasteiger partial charge in [0.1, 0.15) is 5.75 Å². The van der Waals surface area contributed by atoms with Gasteiger partial charge in [0.2, 0.25) is 0 Å². The fraction of sp³-hybridized carbons (Fsp3) is 0.577. The van der Waals surface area contributed by atoms with E-state index in [9.17, 15) is 20.1 Å². The summed E-state index contributed by atoms with van der Waals surface area (Å²) in [6.07, 6.45) is 11.0. The summed E-state index contributed by atoms with van der Waals surface area (Å²) in [5, 5.41) is 29.3. The largest absolute Gasteiger partial charge is 1.00 e. The van der Waals surface area contributed by atoms with Crippen LogP contribution in [-0.4, -0.2) is 22.3 Å². The minimum absolute atomic E-state index is 0. The van der Waals surface area contributed by atoms with Gasteiger partial charge in [-0.1, -0.05) is 64.0 Å². The molecular weight excluding hydrogens is 399 g/mol. The van der Waals surface area contributed by atoms with E-state index in [4.69, 9.17) is 0 Å². The van der Waals surface area contributed by atoms with Crippen LogP contribution >= 0.6 is 0 Å². The van der Waals surface area contributed by atoms with Gasteiger partial charge in [-0.3, -0.25) is 0 Å². The summed E-state index contributed by atoms with van der Waals surface area (Å²) in [4.78, 5) is 10.1. The molecule has 1 aliphatic carbocycles. The minimum atomic E-state index is -1.05. The second-order valence-electron chi connectivity index (χ2n) is 7.38. The van der Waals surface area contributed by atoms with Gasteiger partial charge >= 0.3 is 29.6 Å². The van der Waals surface area contributed by atoms with Crippen molar-refractivity contribution >= 4 is 5.97 Å². The van der Waals surface area contributed by atoms with Crippen LogP contribution < -0.4 is 34.7 Å². The molecule has 2 N–H and O–H groups in total. The Morgan fingerprint density at radius 3 is 2.42 bits per heavy atom. The van der Waals surface area contributed by atoms with E-state index in [-0.39, 0.29) is 53.7 Å². The number of para-hydroxylation sites is 1. The molecule has 0 bridgehead atoms. The second-order valence-corrected chi connectivity index (χ2v) is 7.38. The summed E-state index contributed by atoms with van der Waals surface area (Å²) in [5.74, 6) is 6.01. The van der Waals surface area contributed by atoms with Crippen molar-refractivity contribution in [3.63, 3.8) is 0 Å². The van der Waals surface area contributed by atoms with Crippen molar-refractivity contribution in [2.75, 3.05) is 0 Å². The summed E-state index contributed by atoms with van der Waals surface area (Å²) >= 11 is 0. The monoisotopic (exact) mass is 438 g/mol. The van der Waals surface area contributed by atoms with Gasteiger partial charge in [-0.2, -0.15) is 0 Å². The van der Waals surface area contributed by atoms with Crippen LogP contribution in [0.4, 0.5) is 0 Å². The number of carboxylic acid groups (broad SMARTS) is 1. The molecule has 2 atom stereocenters. The number of aliphatic hydroxyl groups excluding tert-OH is 1. The number of phenols is 1. The first-order valence-corrected chi connectivity index (χ1v) is 11.2.